The van der Waals surface area contributed by atoms with Gasteiger partial charge in [0.1, 0.15) is 6.61 Å². The molecule has 0 heterocycles. The Hall–Kier alpha value is -2.03. The molecule has 2 aromatic rings. The van der Waals surface area contributed by atoms with E-state index in [1.807, 2.05) is 24.3 Å². The van der Waals surface area contributed by atoms with E-state index in [1.165, 1.54) is 0 Å². The van der Waals surface area contributed by atoms with E-state index >= 15 is 0 Å². The van der Waals surface area contributed by atoms with Crippen LogP contribution in [-0.2, 0) is 14.9 Å². The molecule has 2 aromatic carbocycles. The molecule has 0 bridgehead atoms. The molecule has 2 rings (SSSR count). The van der Waals surface area contributed by atoms with Crippen molar-refractivity contribution in [2.75, 3.05) is 6.61 Å². The second-order valence-electron chi connectivity index (χ2n) is 5.00. The van der Waals surface area contributed by atoms with Crippen molar-refractivity contribution in [3.05, 3.63) is 95.0 Å². The molecule has 118 valence electrons. The number of hydrogen-bond donors (Lipinski definition) is 0. The van der Waals surface area contributed by atoms with Gasteiger partial charge in [-0.2, -0.15) is 0 Å². The van der Waals surface area contributed by atoms with Gasteiger partial charge in [0.05, 0.1) is 5.41 Å². The number of benzene rings is 2. The lowest BCUT2D eigenvalue weighted by atomic mass is 9.75. The van der Waals surface area contributed by atoms with Gasteiger partial charge in [-0.05, 0) is 35.4 Å². The normalized spacial score (nSPS) is 10.9. The zero-order valence-electron chi connectivity index (χ0n) is 12.5. The van der Waals surface area contributed by atoms with E-state index in [9.17, 15) is 4.79 Å². The molecule has 0 aliphatic rings. The van der Waals surface area contributed by atoms with Crippen LogP contribution in [0.5, 0.6) is 0 Å². The van der Waals surface area contributed by atoms with Crippen molar-refractivity contribution in [2.24, 2.45) is 0 Å². The molecule has 0 saturated heterocycles. The summed E-state index contributed by atoms with van der Waals surface area (Å²) >= 11 is 12.0. The van der Waals surface area contributed by atoms with Crippen molar-refractivity contribution in [1.82, 2.24) is 0 Å². The summed E-state index contributed by atoms with van der Waals surface area (Å²) in [6.45, 7) is 7.47. The number of rotatable bonds is 6. The Balaban J connectivity index is 2.53. The molecule has 0 aliphatic carbocycles. The summed E-state index contributed by atoms with van der Waals surface area (Å²) in [6.07, 6.45) is 2.90. The molecule has 4 heteroatoms. The van der Waals surface area contributed by atoms with E-state index in [0.29, 0.717) is 10.0 Å². The summed E-state index contributed by atoms with van der Waals surface area (Å²) in [6, 6.07) is 14.7. The van der Waals surface area contributed by atoms with Crippen LogP contribution in [0.15, 0.2) is 73.8 Å². The Labute approximate surface area is 146 Å². The highest BCUT2D eigenvalue weighted by atomic mass is 35.5. The van der Waals surface area contributed by atoms with E-state index in [2.05, 4.69) is 13.2 Å². The third-order valence-electron chi connectivity index (χ3n) is 3.68. The van der Waals surface area contributed by atoms with Crippen LogP contribution in [0.2, 0.25) is 10.0 Å². The topological polar surface area (TPSA) is 26.3 Å². The second kappa shape index (κ2) is 7.49. The van der Waals surface area contributed by atoms with Crippen LogP contribution in [0.1, 0.15) is 11.1 Å². The highest BCUT2D eigenvalue weighted by molar-refractivity contribution is 6.30. The average Bonchev–Trinajstić information content (AvgIpc) is 2.58. The van der Waals surface area contributed by atoms with Crippen molar-refractivity contribution >= 4 is 29.2 Å². The van der Waals surface area contributed by atoms with Crippen LogP contribution >= 0.6 is 23.2 Å². The van der Waals surface area contributed by atoms with Crippen LogP contribution in [0.4, 0.5) is 0 Å². The van der Waals surface area contributed by atoms with Gasteiger partial charge >= 0.3 is 5.97 Å². The molecule has 0 N–H and O–H groups in total. The lowest BCUT2D eigenvalue weighted by Crippen LogP contribution is -2.32. The largest absolute Gasteiger partial charge is 0.461 e. The van der Waals surface area contributed by atoms with Gasteiger partial charge in [-0.1, -0.05) is 60.1 Å². The lowest BCUT2D eigenvalue weighted by Gasteiger charge is -2.31. The van der Waals surface area contributed by atoms with Crippen molar-refractivity contribution in [2.45, 2.75) is 5.41 Å². The third-order valence-corrected chi connectivity index (χ3v) is 4.18. The average molecular weight is 347 g/mol. The Morgan fingerprint density at radius 2 is 1.39 bits per heavy atom. The van der Waals surface area contributed by atoms with E-state index in [0.717, 1.165) is 17.2 Å². The minimum Gasteiger partial charge on any atom is -0.461 e. The molecule has 0 atom stereocenters. The summed E-state index contributed by atoms with van der Waals surface area (Å²) in [5, 5.41) is 1.26. The predicted octanol–water partition coefficient (Wildman–Crippen LogP) is 5.19. The van der Waals surface area contributed by atoms with Gasteiger partial charge < -0.3 is 4.74 Å². The summed E-state index contributed by atoms with van der Waals surface area (Å²) < 4.78 is 5.32. The van der Waals surface area contributed by atoms with Crippen molar-refractivity contribution < 1.29 is 9.53 Å². The van der Waals surface area contributed by atoms with Crippen LogP contribution in [0.25, 0.3) is 0 Å². The molecule has 0 amide bonds. The lowest BCUT2D eigenvalue weighted by molar-refractivity contribution is -0.138. The van der Waals surface area contributed by atoms with E-state index in [-0.39, 0.29) is 6.61 Å². The molecule has 0 unspecified atom stereocenters. The fourth-order valence-electron chi connectivity index (χ4n) is 2.37. The minimum atomic E-state index is -0.701. The Bertz CT molecular complexity index is 658. The van der Waals surface area contributed by atoms with Gasteiger partial charge in [0.25, 0.3) is 0 Å². The van der Waals surface area contributed by atoms with Gasteiger partial charge in [-0.15, -0.1) is 6.58 Å². The maximum atomic E-state index is 11.5. The quantitative estimate of drug-likeness (QED) is 0.408. The number of halogens is 2. The third kappa shape index (κ3) is 3.84. The minimum absolute atomic E-state index is 0.102. The SMILES string of the molecule is C=CC(=O)OCC(C=C)(c1ccc(Cl)cc1)c1ccc(Cl)cc1. The van der Waals surface area contributed by atoms with Crippen molar-refractivity contribution in [1.29, 1.82) is 0 Å². The predicted molar refractivity (Wildman–Crippen MR) is 95.0 cm³/mol. The van der Waals surface area contributed by atoms with Crippen LogP contribution in [0, 0.1) is 0 Å². The number of ether oxygens (including phenoxy) is 1. The molecule has 0 saturated carbocycles. The first-order valence-corrected chi connectivity index (χ1v) is 7.72. The fraction of sp³-hybridized carbons (Fsp3) is 0.105. The number of hydrogen-bond acceptors (Lipinski definition) is 2. The highest BCUT2D eigenvalue weighted by Crippen LogP contribution is 2.35. The molecule has 0 radical (unpaired) electrons. The van der Waals surface area contributed by atoms with Crippen molar-refractivity contribution in [3.8, 4) is 0 Å². The second-order valence-corrected chi connectivity index (χ2v) is 5.87. The Kier molecular flexibility index (Phi) is 5.64. The summed E-state index contributed by atoms with van der Waals surface area (Å²) in [4.78, 5) is 11.5. The number of carbonyl (C=O) groups is 1. The van der Waals surface area contributed by atoms with Gasteiger partial charge in [0, 0.05) is 16.1 Å². The fourth-order valence-corrected chi connectivity index (χ4v) is 2.62. The first-order valence-electron chi connectivity index (χ1n) is 6.97. The number of carbonyl (C=O) groups excluding carboxylic acids is 1. The molecule has 2 nitrogen and oxygen atoms in total. The molecular weight excluding hydrogens is 331 g/mol. The first kappa shape index (κ1) is 17.3. The smallest absolute Gasteiger partial charge is 0.330 e. The van der Waals surface area contributed by atoms with Gasteiger partial charge in [-0.25, -0.2) is 4.79 Å². The molecule has 0 spiro atoms. The molecule has 0 aliphatic heterocycles. The molecule has 23 heavy (non-hydrogen) atoms. The van der Waals surface area contributed by atoms with Gasteiger partial charge in [0.2, 0.25) is 0 Å². The molecular formula is C19H16Cl2O2. The summed E-state index contributed by atoms with van der Waals surface area (Å²) in [5.74, 6) is -0.487. The first-order chi connectivity index (χ1) is 11.0. The zero-order valence-corrected chi connectivity index (χ0v) is 14.0. The maximum Gasteiger partial charge on any atom is 0.330 e. The van der Waals surface area contributed by atoms with Crippen LogP contribution < -0.4 is 0 Å². The van der Waals surface area contributed by atoms with Crippen LogP contribution in [-0.4, -0.2) is 12.6 Å². The standard InChI is InChI=1S/C19H16Cl2O2/c1-3-18(22)23-13-19(4-2,14-5-9-16(20)10-6-14)15-7-11-17(21)12-8-15/h3-12H,1-2,13H2. The van der Waals surface area contributed by atoms with Gasteiger partial charge in [-0.3, -0.25) is 0 Å². The van der Waals surface area contributed by atoms with Gasteiger partial charge in [0.15, 0.2) is 0 Å². The summed E-state index contributed by atoms with van der Waals surface area (Å²) in [5.41, 5.74) is 1.13. The van der Waals surface area contributed by atoms with E-state index < -0.39 is 11.4 Å². The maximum absolute atomic E-state index is 11.5. The summed E-state index contributed by atoms with van der Waals surface area (Å²) in [7, 11) is 0. The van der Waals surface area contributed by atoms with Crippen molar-refractivity contribution in [3.63, 3.8) is 0 Å². The van der Waals surface area contributed by atoms with E-state index in [4.69, 9.17) is 27.9 Å². The van der Waals surface area contributed by atoms with E-state index in [1.54, 1.807) is 30.3 Å². The molecule has 0 aromatic heterocycles. The Morgan fingerprint density at radius 3 is 1.74 bits per heavy atom. The monoisotopic (exact) mass is 346 g/mol. The molecule has 0 fully saturated rings. The number of esters is 1. The Morgan fingerprint density at radius 1 is 0.957 bits per heavy atom. The highest BCUT2D eigenvalue weighted by Gasteiger charge is 2.32. The van der Waals surface area contributed by atoms with Crippen LogP contribution in [0.3, 0.4) is 0 Å². The zero-order chi connectivity index (χ0) is 16.9.